The molecular weight excluding hydrogens is 392 g/mol. The van der Waals surface area contributed by atoms with Crippen molar-refractivity contribution in [2.24, 2.45) is 0 Å². The third-order valence-electron chi connectivity index (χ3n) is 3.71. The Morgan fingerprint density at radius 3 is 2.44 bits per heavy atom. The van der Waals surface area contributed by atoms with Gasteiger partial charge in [0.15, 0.2) is 6.61 Å². The van der Waals surface area contributed by atoms with Gasteiger partial charge in [-0.2, -0.15) is 4.72 Å². The van der Waals surface area contributed by atoms with Gasteiger partial charge < -0.3 is 10.1 Å². The predicted octanol–water partition coefficient (Wildman–Crippen LogP) is 2.42. The summed E-state index contributed by atoms with van der Waals surface area (Å²) in [6.07, 6.45) is 0. The van der Waals surface area contributed by atoms with Crippen LogP contribution in [0.1, 0.15) is 11.1 Å². The fraction of sp³-hybridized carbons (Fsp3) is 0.222. The highest BCUT2D eigenvalue weighted by atomic mass is 35.5. The van der Waals surface area contributed by atoms with Crippen LogP contribution in [0.25, 0.3) is 0 Å². The minimum absolute atomic E-state index is 0.0508. The molecule has 1 amide bonds. The molecular formula is C18H19ClN2O5S. The Hall–Kier alpha value is -2.42. The number of nitrogens with one attached hydrogen (secondary N) is 2. The molecule has 0 aliphatic rings. The van der Waals surface area contributed by atoms with E-state index in [1.165, 1.54) is 12.1 Å². The molecule has 0 saturated carbocycles. The van der Waals surface area contributed by atoms with E-state index in [-0.39, 0.29) is 4.90 Å². The number of carbonyl (C=O) groups excluding carboxylic acids is 2. The van der Waals surface area contributed by atoms with Crippen LogP contribution in [0.15, 0.2) is 47.4 Å². The number of amides is 1. The number of ether oxygens (including phenoxy) is 1. The molecule has 0 unspecified atom stereocenters. The Balaban J connectivity index is 1.84. The Morgan fingerprint density at radius 1 is 1.07 bits per heavy atom. The lowest BCUT2D eigenvalue weighted by Crippen LogP contribution is -2.32. The van der Waals surface area contributed by atoms with Crippen molar-refractivity contribution >= 4 is 39.2 Å². The molecule has 0 saturated heterocycles. The molecule has 0 spiro atoms. The summed E-state index contributed by atoms with van der Waals surface area (Å²) in [7, 11) is -3.86. The van der Waals surface area contributed by atoms with Crippen molar-refractivity contribution in [3.05, 3.63) is 58.6 Å². The van der Waals surface area contributed by atoms with E-state index in [0.29, 0.717) is 10.7 Å². The second-order valence-corrected chi connectivity index (χ2v) is 7.93. The van der Waals surface area contributed by atoms with Crippen LogP contribution in [0.4, 0.5) is 5.69 Å². The maximum absolute atomic E-state index is 12.2. The van der Waals surface area contributed by atoms with E-state index in [1.54, 1.807) is 37.3 Å². The Labute approximate surface area is 162 Å². The molecule has 0 atom stereocenters. The molecule has 0 aliphatic heterocycles. The van der Waals surface area contributed by atoms with Crippen LogP contribution in [0, 0.1) is 13.8 Å². The maximum Gasteiger partial charge on any atom is 0.321 e. The van der Waals surface area contributed by atoms with Crippen molar-refractivity contribution in [1.82, 2.24) is 4.72 Å². The van der Waals surface area contributed by atoms with Crippen LogP contribution in [0.5, 0.6) is 0 Å². The molecule has 144 valence electrons. The van der Waals surface area contributed by atoms with Gasteiger partial charge in [-0.05, 0) is 49.2 Å². The summed E-state index contributed by atoms with van der Waals surface area (Å²) in [4.78, 5) is 23.5. The summed E-state index contributed by atoms with van der Waals surface area (Å²) in [6.45, 7) is 2.51. The van der Waals surface area contributed by atoms with Gasteiger partial charge in [0.05, 0.1) is 15.6 Å². The van der Waals surface area contributed by atoms with E-state index < -0.39 is 35.1 Å². The molecule has 0 heterocycles. The van der Waals surface area contributed by atoms with Gasteiger partial charge in [0.25, 0.3) is 5.91 Å². The van der Waals surface area contributed by atoms with Crippen LogP contribution in [0.3, 0.4) is 0 Å². The number of aryl methyl sites for hydroxylation is 2. The van der Waals surface area contributed by atoms with E-state index in [9.17, 15) is 18.0 Å². The number of hydrogen-bond donors (Lipinski definition) is 2. The van der Waals surface area contributed by atoms with E-state index in [0.717, 1.165) is 11.1 Å². The number of anilines is 1. The number of halogens is 1. The van der Waals surface area contributed by atoms with Gasteiger partial charge in [0, 0.05) is 0 Å². The maximum atomic E-state index is 12.2. The van der Waals surface area contributed by atoms with Gasteiger partial charge in [-0.3, -0.25) is 9.59 Å². The largest absolute Gasteiger partial charge is 0.455 e. The van der Waals surface area contributed by atoms with Crippen LogP contribution in [0.2, 0.25) is 5.02 Å². The lowest BCUT2D eigenvalue weighted by atomic mass is 10.1. The molecule has 2 rings (SSSR count). The molecule has 7 nitrogen and oxygen atoms in total. The van der Waals surface area contributed by atoms with Gasteiger partial charge in [-0.15, -0.1) is 0 Å². The first-order valence-electron chi connectivity index (χ1n) is 7.96. The summed E-state index contributed by atoms with van der Waals surface area (Å²) >= 11 is 5.91. The summed E-state index contributed by atoms with van der Waals surface area (Å²) in [5.74, 6) is -1.47. The second kappa shape index (κ2) is 8.98. The Bertz CT molecular complexity index is 960. The quantitative estimate of drug-likeness (QED) is 0.682. The highest BCUT2D eigenvalue weighted by molar-refractivity contribution is 7.89. The van der Waals surface area contributed by atoms with Gasteiger partial charge >= 0.3 is 5.97 Å². The highest BCUT2D eigenvalue weighted by Gasteiger charge is 2.17. The monoisotopic (exact) mass is 410 g/mol. The summed E-state index contributed by atoms with van der Waals surface area (Å²) in [5.41, 5.74) is 2.16. The summed E-state index contributed by atoms with van der Waals surface area (Å²) in [6, 6.07) is 11.2. The zero-order valence-corrected chi connectivity index (χ0v) is 16.4. The van der Waals surface area contributed by atoms with E-state index in [4.69, 9.17) is 16.3 Å². The number of para-hydroxylation sites is 1. The van der Waals surface area contributed by atoms with Gasteiger partial charge in [-0.25, -0.2) is 8.42 Å². The molecule has 0 radical (unpaired) electrons. The summed E-state index contributed by atoms with van der Waals surface area (Å²) in [5, 5.41) is 2.83. The molecule has 2 N–H and O–H groups in total. The predicted molar refractivity (Wildman–Crippen MR) is 102 cm³/mol. The second-order valence-electron chi connectivity index (χ2n) is 5.76. The molecule has 2 aromatic rings. The van der Waals surface area contributed by atoms with Crippen molar-refractivity contribution in [2.75, 3.05) is 18.5 Å². The number of benzene rings is 2. The SMILES string of the molecule is Cc1ccc(S(=O)(=O)NCC(=O)OCC(=O)Nc2ccccc2Cl)cc1C. The topological polar surface area (TPSA) is 102 Å². The van der Waals surface area contributed by atoms with Crippen LogP contribution in [-0.2, 0) is 24.3 Å². The Morgan fingerprint density at radius 2 is 1.78 bits per heavy atom. The van der Waals surface area contributed by atoms with Crippen LogP contribution >= 0.6 is 11.6 Å². The first kappa shape index (κ1) is 20.9. The number of carbonyl (C=O) groups is 2. The zero-order chi connectivity index (χ0) is 20.0. The third kappa shape index (κ3) is 6.06. The smallest absolute Gasteiger partial charge is 0.321 e. The Kier molecular flexibility index (Phi) is 6.95. The molecule has 0 aliphatic carbocycles. The fourth-order valence-corrected chi connectivity index (χ4v) is 3.30. The first-order chi connectivity index (χ1) is 12.7. The number of sulfonamides is 1. The number of rotatable bonds is 7. The molecule has 0 fully saturated rings. The standard InChI is InChI=1S/C18H19ClN2O5S/c1-12-7-8-14(9-13(12)2)27(24,25)20-10-18(23)26-11-17(22)21-16-6-4-3-5-15(16)19/h3-9,20H,10-11H2,1-2H3,(H,21,22). The van der Waals surface area contributed by atoms with Crippen LogP contribution in [-0.4, -0.2) is 33.4 Å². The van der Waals surface area contributed by atoms with Gasteiger partial charge in [0.1, 0.15) is 6.54 Å². The number of esters is 1. The molecule has 0 bridgehead atoms. The molecule has 27 heavy (non-hydrogen) atoms. The van der Waals surface area contributed by atoms with E-state index >= 15 is 0 Å². The van der Waals surface area contributed by atoms with Gasteiger partial charge in [-0.1, -0.05) is 29.8 Å². The van der Waals surface area contributed by atoms with E-state index in [1.807, 2.05) is 6.92 Å². The lowest BCUT2D eigenvalue weighted by molar-refractivity contribution is -0.146. The third-order valence-corrected chi connectivity index (χ3v) is 5.44. The van der Waals surface area contributed by atoms with E-state index in [2.05, 4.69) is 10.0 Å². The van der Waals surface area contributed by atoms with Crippen molar-refractivity contribution in [1.29, 1.82) is 0 Å². The van der Waals surface area contributed by atoms with Crippen molar-refractivity contribution in [3.8, 4) is 0 Å². The van der Waals surface area contributed by atoms with Crippen LogP contribution < -0.4 is 10.0 Å². The minimum Gasteiger partial charge on any atom is -0.455 e. The fourth-order valence-electron chi connectivity index (χ4n) is 2.06. The number of hydrogen-bond acceptors (Lipinski definition) is 5. The molecule has 0 aromatic heterocycles. The minimum atomic E-state index is -3.86. The average Bonchev–Trinajstić information content (AvgIpc) is 2.62. The normalized spacial score (nSPS) is 11.1. The van der Waals surface area contributed by atoms with Crippen molar-refractivity contribution in [3.63, 3.8) is 0 Å². The molecule has 2 aromatic carbocycles. The van der Waals surface area contributed by atoms with Crippen molar-refractivity contribution in [2.45, 2.75) is 18.7 Å². The summed E-state index contributed by atoms with van der Waals surface area (Å²) < 4.78 is 31.3. The zero-order valence-electron chi connectivity index (χ0n) is 14.8. The highest BCUT2D eigenvalue weighted by Crippen LogP contribution is 2.20. The van der Waals surface area contributed by atoms with Gasteiger partial charge in [0.2, 0.25) is 10.0 Å². The lowest BCUT2D eigenvalue weighted by Gasteiger charge is -2.10. The average molecular weight is 411 g/mol. The van der Waals surface area contributed by atoms with Crippen molar-refractivity contribution < 1.29 is 22.7 Å². The first-order valence-corrected chi connectivity index (χ1v) is 9.82. The molecule has 9 heteroatoms.